The second-order valence-electron chi connectivity index (χ2n) is 5.34. The summed E-state index contributed by atoms with van der Waals surface area (Å²) in [6.45, 7) is 2.98. The van der Waals surface area contributed by atoms with Crippen LogP contribution in [0.1, 0.15) is 29.9 Å². The van der Waals surface area contributed by atoms with Gasteiger partial charge >= 0.3 is 0 Å². The zero-order valence-electron chi connectivity index (χ0n) is 11.8. The van der Waals surface area contributed by atoms with E-state index in [2.05, 4.69) is 21.2 Å². The Bertz CT molecular complexity index is 637. The molecule has 1 aliphatic rings. The van der Waals surface area contributed by atoms with Crippen LogP contribution in [0.25, 0.3) is 0 Å². The number of benzene rings is 1. The SMILES string of the molecule is Cc1cc(COc2ccc(Br)cc2F)oc1CNC1CC1. The largest absolute Gasteiger partial charge is 0.483 e. The molecule has 1 saturated carbocycles. The van der Waals surface area contributed by atoms with Crippen LogP contribution in [-0.4, -0.2) is 6.04 Å². The van der Waals surface area contributed by atoms with Crippen molar-refractivity contribution in [1.82, 2.24) is 5.32 Å². The first-order valence-electron chi connectivity index (χ1n) is 7.01. The minimum atomic E-state index is -0.386. The molecule has 0 atom stereocenters. The summed E-state index contributed by atoms with van der Waals surface area (Å²) in [5.41, 5.74) is 1.10. The monoisotopic (exact) mass is 353 g/mol. The van der Waals surface area contributed by atoms with E-state index in [0.29, 0.717) is 16.3 Å². The maximum absolute atomic E-state index is 13.7. The van der Waals surface area contributed by atoms with Gasteiger partial charge in [0.05, 0.1) is 6.54 Å². The lowest BCUT2D eigenvalue weighted by molar-refractivity contribution is 0.254. The van der Waals surface area contributed by atoms with Gasteiger partial charge in [-0.3, -0.25) is 0 Å². The molecular weight excluding hydrogens is 337 g/mol. The molecule has 0 spiro atoms. The second-order valence-corrected chi connectivity index (χ2v) is 6.25. The first-order chi connectivity index (χ1) is 10.1. The average Bonchev–Trinajstić information content (AvgIpc) is 3.20. The number of rotatable bonds is 6. The summed E-state index contributed by atoms with van der Waals surface area (Å²) in [4.78, 5) is 0. The molecule has 1 heterocycles. The molecule has 2 aromatic rings. The Morgan fingerprint density at radius 3 is 2.90 bits per heavy atom. The third-order valence-electron chi connectivity index (χ3n) is 3.46. The van der Waals surface area contributed by atoms with Gasteiger partial charge in [0.2, 0.25) is 0 Å². The molecule has 0 saturated heterocycles. The van der Waals surface area contributed by atoms with Crippen LogP contribution in [0.4, 0.5) is 4.39 Å². The minimum absolute atomic E-state index is 0.225. The van der Waals surface area contributed by atoms with Crippen LogP contribution in [0.2, 0.25) is 0 Å². The third-order valence-corrected chi connectivity index (χ3v) is 3.96. The number of hydrogen-bond acceptors (Lipinski definition) is 3. The fourth-order valence-corrected chi connectivity index (χ4v) is 2.44. The smallest absolute Gasteiger partial charge is 0.166 e. The minimum Gasteiger partial charge on any atom is -0.483 e. The molecule has 3 rings (SSSR count). The molecule has 21 heavy (non-hydrogen) atoms. The van der Waals surface area contributed by atoms with E-state index >= 15 is 0 Å². The quantitative estimate of drug-likeness (QED) is 0.839. The highest BCUT2D eigenvalue weighted by atomic mass is 79.9. The van der Waals surface area contributed by atoms with Crippen molar-refractivity contribution in [2.24, 2.45) is 0 Å². The molecule has 1 N–H and O–H groups in total. The summed E-state index contributed by atoms with van der Waals surface area (Å²) in [5, 5.41) is 3.42. The predicted octanol–water partition coefficient (Wildman–Crippen LogP) is 4.32. The van der Waals surface area contributed by atoms with Crippen LogP contribution in [0.5, 0.6) is 5.75 Å². The van der Waals surface area contributed by atoms with Crippen molar-refractivity contribution in [2.75, 3.05) is 0 Å². The maximum atomic E-state index is 13.7. The number of nitrogens with one attached hydrogen (secondary N) is 1. The van der Waals surface area contributed by atoms with Crippen molar-refractivity contribution < 1.29 is 13.5 Å². The third kappa shape index (κ3) is 3.86. The van der Waals surface area contributed by atoms with Crippen LogP contribution in [0, 0.1) is 12.7 Å². The number of furan rings is 1. The molecule has 112 valence electrons. The van der Waals surface area contributed by atoms with Crippen molar-refractivity contribution >= 4 is 15.9 Å². The van der Waals surface area contributed by atoms with Gasteiger partial charge in [0.25, 0.3) is 0 Å². The Morgan fingerprint density at radius 1 is 1.38 bits per heavy atom. The van der Waals surface area contributed by atoms with E-state index in [1.165, 1.54) is 18.9 Å². The zero-order chi connectivity index (χ0) is 14.8. The van der Waals surface area contributed by atoms with Crippen LogP contribution >= 0.6 is 15.9 Å². The van der Waals surface area contributed by atoms with Crippen LogP contribution in [-0.2, 0) is 13.2 Å². The maximum Gasteiger partial charge on any atom is 0.166 e. The van der Waals surface area contributed by atoms with E-state index in [4.69, 9.17) is 9.15 Å². The summed E-state index contributed by atoms with van der Waals surface area (Å²) < 4.78 is 25.6. The summed E-state index contributed by atoms with van der Waals surface area (Å²) in [6.07, 6.45) is 2.50. The molecule has 3 nitrogen and oxygen atoms in total. The molecule has 1 aromatic heterocycles. The van der Waals surface area contributed by atoms with Crippen molar-refractivity contribution in [1.29, 1.82) is 0 Å². The Kier molecular flexibility index (Phi) is 4.31. The van der Waals surface area contributed by atoms with E-state index in [1.807, 2.05) is 13.0 Å². The number of hydrogen-bond donors (Lipinski definition) is 1. The van der Waals surface area contributed by atoms with Gasteiger partial charge in [0.15, 0.2) is 11.6 Å². The normalized spacial score (nSPS) is 14.4. The van der Waals surface area contributed by atoms with Crippen molar-refractivity contribution in [3.8, 4) is 5.75 Å². The zero-order valence-corrected chi connectivity index (χ0v) is 13.4. The number of aryl methyl sites for hydroxylation is 1. The Balaban J connectivity index is 1.60. The van der Waals surface area contributed by atoms with Crippen molar-refractivity contribution in [3.63, 3.8) is 0 Å². The molecule has 0 bridgehead atoms. The topological polar surface area (TPSA) is 34.4 Å². The van der Waals surface area contributed by atoms with Crippen LogP contribution < -0.4 is 10.1 Å². The van der Waals surface area contributed by atoms with Crippen molar-refractivity contribution in [2.45, 2.75) is 39.0 Å². The predicted molar refractivity (Wildman–Crippen MR) is 81.7 cm³/mol. The van der Waals surface area contributed by atoms with Gasteiger partial charge in [-0.1, -0.05) is 15.9 Å². The molecule has 5 heteroatoms. The highest BCUT2D eigenvalue weighted by Crippen LogP contribution is 2.24. The lowest BCUT2D eigenvalue weighted by Crippen LogP contribution is -2.15. The first kappa shape index (κ1) is 14.6. The highest BCUT2D eigenvalue weighted by Gasteiger charge is 2.21. The van der Waals surface area contributed by atoms with Crippen molar-refractivity contribution in [3.05, 3.63) is 51.6 Å². The molecule has 0 unspecified atom stereocenters. The number of halogens is 2. The van der Waals surface area contributed by atoms with Gasteiger partial charge in [-0.15, -0.1) is 0 Å². The highest BCUT2D eigenvalue weighted by molar-refractivity contribution is 9.10. The molecule has 0 radical (unpaired) electrons. The molecule has 1 aromatic carbocycles. The van der Waals surface area contributed by atoms with E-state index in [-0.39, 0.29) is 18.2 Å². The lowest BCUT2D eigenvalue weighted by Gasteiger charge is -2.05. The molecule has 1 fully saturated rings. The van der Waals surface area contributed by atoms with Gasteiger partial charge in [-0.25, -0.2) is 4.39 Å². The van der Waals surface area contributed by atoms with Crippen LogP contribution in [0.3, 0.4) is 0 Å². The van der Waals surface area contributed by atoms with Crippen LogP contribution in [0.15, 0.2) is 33.2 Å². The Hall–Kier alpha value is -1.33. The Labute approximate surface area is 131 Å². The fraction of sp³-hybridized carbons (Fsp3) is 0.375. The van der Waals surface area contributed by atoms with E-state index in [0.717, 1.165) is 17.9 Å². The van der Waals surface area contributed by atoms with Gasteiger partial charge < -0.3 is 14.5 Å². The standard InChI is InChI=1S/C16H17BrFNO2/c1-10-6-13(21-16(10)8-19-12-3-4-12)9-20-15-5-2-11(17)7-14(15)18/h2,5-7,12,19H,3-4,8-9H2,1H3. The summed E-state index contributed by atoms with van der Waals surface area (Å²) in [7, 11) is 0. The number of ether oxygens (including phenoxy) is 1. The van der Waals surface area contributed by atoms with Gasteiger partial charge in [0.1, 0.15) is 18.1 Å². The molecule has 0 amide bonds. The molecule has 0 aliphatic heterocycles. The molecule has 1 aliphatic carbocycles. The van der Waals surface area contributed by atoms with Gasteiger partial charge in [0, 0.05) is 10.5 Å². The van der Waals surface area contributed by atoms with Gasteiger partial charge in [-0.2, -0.15) is 0 Å². The average molecular weight is 354 g/mol. The fourth-order valence-electron chi connectivity index (χ4n) is 2.10. The summed E-state index contributed by atoms with van der Waals surface area (Å²) in [5.74, 6) is 1.48. The second kappa shape index (κ2) is 6.20. The van der Waals surface area contributed by atoms with Gasteiger partial charge in [-0.05, 0) is 49.6 Å². The summed E-state index contributed by atoms with van der Waals surface area (Å²) in [6, 6.07) is 7.32. The lowest BCUT2D eigenvalue weighted by atomic mass is 10.2. The van der Waals surface area contributed by atoms with E-state index in [9.17, 15) is 4.39 Å². The first-order valence-corrected chi connectivity index (χ1v) is 7.80. The summed E-state index contributed by atoms with van der Waals surface area (Å²) >= 11 is 3.22. The van der Waals surface area contributed by atoms with E-state index < -0.39 is 0 Å². The van der Waals surface area contributed by atoms with E-state index in [1.54, 1.807) is 12.1 Å². The molecular formula is C16H17BrFNO2. The Morgan fingerprint density at radius 2 is 2.19 bits per heavy atom.